The van der Waals surface area contributed by atoms with Crippen LogP contribution in [0.3, 0.4) is 0 Å². The molecule has 0 aliphatic heterocycles. The first-order valence-corrected chi connectivity index (χ1v) is 8.68. The molecule has 0 heterocycles. The summed E-state index contributed by atoms with van der Waals surface area (Å²) in [5.41, 5.74) is 1.37. The zero-order chi connectivity index (χ0) is 17.8. The van der Waals surface area contributed by atoms with Crippen LogP contribution in [0.4, 0.5) is 14.5 Å². The Kier molecular flexibility index (Phi) is 5.53. The number of rotatable bonds is 5. The Bertz CT molecular complexity index is 685. The molecule has 3 nitrogen and oxygen atoms in total. The lowest BCUT2D eigenvalue weighted by atomic mass is 9.95. The lowest BCUT2D eigenvalue weighted by Crippen LogP contribution is -2.34. The first-order chi connectivity index (χ1) is 12.0. The Morgan fingerprint density at radius 1 is 1.04 bits per heavy atom. The topological polar surface area (TPSA) is 41.5 Å². The van der Waals surface area contributed by atoms with E-state index in [0.717, 1.165) is 37.4 Å². The summed E-state index contributed by atoms with van der Waals surface area (Å²) < 4.78 is 32.5. The van der Waals surface area contributed by atoms with Gasteiger partial charge in [-0.2, -0.15) is 0 Å². The maximum Gasteiger partial charge on any atom is 0.126 e. The molecule has 3 atom stereocenters. The molecule has 0 spiro atoms. The monoisotopic (exact) mass is 347 g/mol. The predicted octanol–water partition coefficient (Wildman–Crippen LogP) is 4.82. The lowest BCUT2D eigenvalue weighted by molar-refractivity contribution is 0.00688. The van der Waals surface area contributed by atoms with Crippen molar-refractivity contribution in [1.82, 2.24) is 0 Å². The van der Waals surface area contributed by atoms with Crippen molar-refractivity contribution >= 4 is 5.69 Å². The molecule has 1 aliphatic carbocycles. The second-order valence-corrected chi connectivity index (χ2v) is 6.60. The second-order valence-electron chi connectivity index (χ2n) is 6.60. The van der Waals surface area contributed by atoms with Gasteiger partial charge in [0, 0.05) is 17.8 Å². The number of nitrogens with one attached hydrogen (secondary N) is 1. The maximum atomic E-state index is 13.3. The van der Waals surface area contributed by atoms with E-state index >= 15 is 0 Å². The van der Waals surface area contributed by atoms with E-state index in [-0.39, 0.29) is 12.1 Å². The largest absolute Gasteiger partial charge is 0.488 e. The molecule has 1 fully saturated rings. The van der Waals surface area contributed by atoms with Crippen molar-refractivity contribution in [2.45, 2.75) is 50.9 Å². The van der Waals surface area contributed by atoms with Crippen molar-refractivity contribution in [3.05, 3.63) is 59.7 Å². The van der Waals surface area contributed by atoms with Crippen LogP contribution in [0, 0.1) is 11.6 Å². The Hall–Kier alpha value is -2.14. The first-order valence-electron chi connectivity index (χ1n) is 8.68. The highest BCUT2D eigenvalue weighted by molar-refractivity contribution is 5.48. The van der Waals surface area contributed by atoms with E-state index in [1.807, 2.05) is 31.2 Å². The quantitative estimate of drug-likeness (QED) is 0.815. The Balaban J connectivity index is 1.62. The third-order valence-corrected chi connectivity index (χ3v) is 4.58. The van der Waals surface area contributed by atoms with Crippen LogP contribution in [0.1, 0.15) is 44.2 Å². The zero-order valence-electron chi connectivity index (χ0n) is 14.2. The molecule has 3 rings (SSSR count). The summed E-state index contributed by atoms with van der Waals surface area (Å²) in [6, 6.07) is 10.7. The third kappa shape index (κ3) is 4.69. The van der Waals surface area contributed by atoms with Crippen LogP contribution in [-0.4, -0.2) is 17.3 Å². The number of aliphatic hydroxyl groups excluding tert-OH is 1. The van der Waals surface area contributed by atoms with Gasteiger partial charge in [0.25, 0.3) is 0 Å². The molecule has 0 amide bonds. The minimum Gasteiger partial charge on any atom is -0.488 e. The number of aliphatic hydroxyl groups is 1. The third-order valence-electron chi connectivity index (χ3n) is 4.58. The van der Waals surface area contributed by atoms with Gasteiger partial charge in [-0.25, -0.2) is 8.78 Å². The Labute approximate surface area is 146 Å². The van der Waals surface area contributed by atoms with Gasteiger partial charge >= 0.3 is 0 Å². The normalized spacial score (nSPS) is 21.6. The van der Waals surface area contributed by atoms with Crippen molar-refractivity contribution in [2.75, 3.05) is 5.32 Å². The van der Waals surface area contributed by atoms with Gasteiger partial charge in [0.1, 0.15) is 23.5 Å². The van der Waals surface area contributed by atoms with Crippen molar-refractivity contribution in [3.63, 3.8) is 0 Å². The lowest BCUT2D eigenvalue weighted by Gasteiger charge is -2.28. The SMILES string of the molecule is CC(Nc1ccc(OC2CCCCC2O)cc1)c1cc(F)cc(F)c1. The van der Waals surface area contributed by atoms with Crippen molar-refractivity contribution in [2.24, 2.45) is 0 Å². The van der Waals surface area contributed by atoms with Gasteiger partial charge in [0.2, 0.25) is 0 Å². The van der Waals surface area contributed by atoms with Crippen LogP contribution in [-0.2, 0) is 0 Å². The number of hydrogen-bond donors (Lipinski definition) is 2. The van der Waals surface area contributed by atoms with E-state index in [2.05, 4.69) is 5.32 Å². The fourth-order valence-electron chi connectivity index (χ4n) is 3.18. The van der Waals surface area contributed by atoms with Crippen molar-refractivity contribution in [1.29, 1.82) is 0 Å². The van der Waals surface area contributed by atoms with Gasteiger partial charge in [0.05, 0.1) is 6.10 Å². The molecule has 0 radical (unpaired) electrons. The fraction of sp³-hybridized carbons (Fsp3) is 0.400. The van der Waals surface area contributed by atoms with E-state index in [0.29, 0.717) is 11.3 Å². The van der Waals surface area contributed by atoms with Gasteiger partial charge in [-0.05, 0) is 68.1 Å². The summed E-state index contributed by atoms with van der Waals surface area (Å²) in [5, 5.41) is 13.2. The molecule has 25 heavy (non-hydrogen) atoms. The standard InChI is InChI=1S/C20H23F2NO2/c1-13(14-10-15(21)12-16(22)11-14)23-17-6-8-18(9-7-17)25-20-5-3-2-4-19(20)24/h6-13,19-20,23-24H,2-5H2,1H3. The molecule has 1 saturated carbocycles. The molecule has 0 saturated heterocycles. The number of benzene rings is 2. The van der Waals surface area contributed by atoms with Crippen LogP contribution < -0.4 is 10.1 Å². The second kappa shape index (κ2) is 7.83. The zero-order valence-corrected chi connectivity index (χ0v) is 14.2. The van der Waals surface area contributed by atoms with E-state index in [1.54, 1.807) is 0 Å². The average Bonchev–Trinajstić information content (AvgIpc) is 2.58. The van der Waals surface area contributed by atoms with Gasteiger partial charge in [-0.15, -0.1) is 0 Å². The number of anilines is 1. The molecule has 1 aliphatic rings. The molecule has 0 bridgehead atoms. The molecule has 2 aromatic rings. The Morgan fingerprint density at radius 3 is 2.32 bits per heavy atom. The van der Waals surface area contributed by atoms with E-state index < -0.39 is 17.7 Å². The van der Waals surface area contributed by atoms with Crippen LogP contribution in [0.15, 0.2) is 42.5 Å². The minimum absolute atomic E-state index is 0.151. The van der Waals surface area contributed by atoms with Crippen LogP contribution in [0.2, 0.25) is 0 Å². The number of ether oxygens (including phenoxy) is 1. The summed E-state index contributed by atoms with van der Waals surface area (Å²) in [4.78, 5) is 0. The summed E-state index contributed by atoms with van der Waals surface area (Å²) in [5.74, 6) is -0.460. The van der Waals surface area contributed by atoms with Gasteiger partial charge in [0.15, 0.2) is 0 Å². The highest BCUT2D eigenvalue weighted by atomic mass is 19.1. The first kappa shape index (κ1) is 17.7. The molecular weight excluding hydrogens is 324 g/mol. The molecular formula is C20H23F2NO2. The molecule has 5 heteroatoms. The molecule has 134 valence electrons. The maximum absolute atomic E-state index is 13.3. The van der Waals surface area contributed by atoms with Crippen LogP contribution in [0.25, 0.3) is 0 Å². The average molecular weight is 347 g/mol. The Morgan fingerprint density at radius 2 is 1.68 bits per heavy atom. The minimum atomic E-state index is -0.585. The predicted molar refractivity (Wildman–Crippen MR) is 93.7 cm³/mol. The summed E-state index contributed by atoms with van der Waals surface area (Å²) in [6.07, 6.45) is 3.21. The summed E-state index contributed by atoms with van der Waals surface area (Å²) >= 11 is 0. The highest BCUT2D eigenvalue weighted by Crippen LogP contribution is 2.26. The highest BCUT2D eigenvalue weighted by Gasteiger charge is 2.24. The van der Waals surface area contributed by atoms with Crippen LogP contribution in [0.5, 0.6) is 5.75 Å². The van der Waals surface area contributed by atoms with E-state index in [9.17, 15) is 13.9 Å². The van der Waals surface area contributed by atoms with Crippen molar-refractivity contribution < 1.29 is 18.6 Å². The number of hydrogen-bond acceptors (Lipinski definition) is 3. The molecule has 2 aromatic carbocycles. The molecule has 3 unspecified atom stereocenters. The molecule has 2 N–H and O–H groups in total. The number of halogens is 2. The molecule has 0 aromatic heterocycles. The van der Waals surface area contributed by atoms with Crippen molar-refractivity contribution in [3.8, 4) is 5.75 Å². The summed E-state index contributed by atoms with van der Waals surface area (Å²) in [6.45, 7) is 1.84. The van der Waals surface area contributed by atoms with E-state index in [1.165, 1.54) is 12.1 Å². The van der Waals surface area contributed by atoms with Crippen LogP contribution >= 0.6 is 0 Å². The van der Waals surface area contributed by atoms with E-state index in [4.69, 9.17) is 4.74 Å². The van der Waals surface area contributed by atoms with Gasteiger partial charge < -0.3 is 15.2 Å². The summed E-state index contributed by atoms with van der Waals surface area (Å²) in [7, 11) is 0. The van der Waals surface area contributed by atoms with Gasteiger partial charge in [-0.1, -0.05) is 6.42 Å². The smallest absolute Gasteiger partial charge is 0.126 e. The van der Waals surface area contributed by atoms with Gasteiger partial charge in [-0.3, -0.25) is 0 Å². The fourth-order valence-corrected chi connectivity index (χ4v) is 3.18.